The zero-order valence-electron chi connectivity index (χ0n) is 27.5. The number of rotatable bonds is 2. The molecule has 238 valence electrons. The summed E-state index contributed by atoms with van der Waals surface area (Å²) in [6, 6.07) is 52.0. The molecule has 0 bridgehead atoms. The Hall–Kier alpha value is -6.72. The molecule has 4 heterocycles. The number of aromatic nitrogens is 4. The summed E-state index contributed by atoms with van der Waals surface area (Å²) in [5.41, 5.74) is 12.6. The molecule has 7 aromatic carbocycles. The molecule has 3 aromatic heterocycles. The molecule has 1 aliphatic heterocycles. The van der Waals surface area contributed by atoms with Gasteiger partial charge in [0.05, 0.1) is 33.1 Å². The van der Waals surface area contributed by atoms with Crippen LogP contribution in [0.1, 0.15) is 11.3 Å². The highest BCUT2D eigenvalue weighted by molar-refractivity contribution is 6.24. The van der Waals surface area contributed by atoms with Crippen LogP contribution in [0.2, 0.25) is 0 Å². The summed E-state index contributed by atoms with van der Waals surface area (Å²) >= 11 is 0. The van der Waals surface area contributed by atoms with Crippen molar-refractivity contribution in [2.24, 2.45) is 0 Å². The number of benzene rings is 7. The van der Waals surface area contributed by atoms with Gasteiger partial charge in [-0.15, -0.1) is 0 Å². The molecule has 0 amide bonds. The van der Waals surface area contributed by atoms with Gasteiger partial charge in [0.2, 0.25) is 5.95 Å². The first-order valence-corrected chi connectivity index (χ1v) is 17.6. The van der Waals surface area contributed by atoms with E-state index in [1.165, 1.54) is 54.8 Å². The fourth-order valence-corrected chi connectivity index (χ4v) is 8.86. The zero-order chi connectivity index (χ0) is 33.2. The summed E-state index contributed by atoms with van der Waals surface area (Å²) in [6.45, 7) is 0. The predicted octanol–water partition coefficient (Wildman–Crippen LogP) is 11.4. The number of aryl methyl sites for hydroxylation is 1. The molecule has 0 atom stereocenters. The van der Waals surface area contributed by atoms with E-state index in [9.17, 15) is 0 Å². The van der Waals surface area contributed by atoms with E-state index in [4.69, 9.17) is 14.7 Å². The summed E-state index contributed by atoms with van der Waals surface area (Å²) in [5.74, 6) is 2.29. The maximum atomic E-state index is 6.35. The van der Waals surface area contributed by atoms with Gasteiger partial charge in [0.25, 0.3) is 0 Å². The first-order valence-electron chi connectivity index (χ1n) is 17.6. The quantitative estimate of drug-likeness (QED) is 0.187. The van der Waals surface area contributed by atoms with E-state index in [2.05, 4.69) is 130 Å². The number of hydrogen-bond acceptors (Lipinski definition) is 3. The lowest BCUT2D eigenvalue weighted by Gasteiger charge is -2.22. The molecule has 5 heteroatoms. The monoisotopic (exact) mass is 652 g/mol. The molecule has 1 aliphatic carbocycles. The lowest BCUT2D eigenvalue weighted by atomic mass is 9.88. The molecule has 10 aromatic rings. The fourth-order valence-electron chi connectivity index (χ4n) is 8.86. The fraction of sp³-hybridized carbons (Fsp3) is 0.0435. The standard InChI is InChI=1S/C46H28N4O/c1-2-13-29(14-3-1)49-36-23-21-27-11-4-6-15-30(27)42(36)33-25-34-39(26-38(33)49)50(37-24-22-28-12-5-7-16-31(28)43(34)37)46-47-35-18-10-20-41-44(35)45(48-46)32-17-8-9-19-40(32)51-41/h1-21,23,25-26H,22,24H2. The molecule has 12 rings (SSSR count). The molecule has 0 N–H and O–H groups in total. The Morgan fingerprint density at radius 1 is 0.510 bits per heavy atom. The third kappa shape index (κ3) is 3.64. The van der Waals surface area contributed by atoms with Crippen molar-refractivity contribution in [1.29, 1.82) is 0 Å². The second-order valence-corrected chi connectivity index (χ2v) is 13.7. The van der Waals surface area contributed by atoms with Gasteiger partial charge in [-0.1, -0.05) is 91.0 Å². The maximum Gasteiger partial charge on any atom is 0.235 e. The number of ether oxygens (including phenoxy) is 1. The Bertz CT molecular complexity index is 3120. The molecule has 0 fully saturated rings. The zero-order valence-corrected chi connectivity index (χ0v) is 27.5. The van der Waals surface area contributed by atoms with E-state index >= 15 is 0 Å². The molecular weight excluding hydrogens is 625 g/mol. The molecule has 0 saturated heterocycles. The maximum absolute atomic E-state index is 6.35. The average molecular weight is 653 g/mol. The van der Waals surface area contributed by atoms with Gasteiger partial charge >= 0.3 is 0 Å². The topological polar surface area (TPSA) is 44.9 Å². The van der Waals surface area contributed by atoms with Crippen molar-refractivity contribution in [2.45, 2.75) is 12.8 Å². The lowest BCUT2D eigenvalue weighted by molar-refractivity contribution is 0.486. The minimum absolute atomic E-state index is 0.684. The highest BCUT2D eigenvalue weighted by atomic mass is 16.5. The van der Waals surface area contributed by atoms with Crippen LogP contribution in [-0.2, 0) is 12.8 Å². The van der Waals surface area contributed by atoms with Crippen LogP contribution in [0.4, 0.5) is 0 Å². The first-order chi connectivity index (χ1) is 25.3. The smallest absolute Gasteiger partial charge is 0.235 e. The van der Waals surface area contributed by atoms with Crippen LogP contribution in [0.5, 0.6) is 11.5 Å². The van der Waals surface area contributed by atoms with Crippen LogP contribution in [0.15, 0.2) is 146 Å². The van der Waals surface area contributed by atoms with Crippen molar-refractivity contribution in [3.05, 3.63) is 157 Å². The van der Waals surface area contributed by atoms with Crippen LogP contribution < -0.4 is 4.74 Å². The van der Waals surface area contributed by atoms with Crippen LogP contribution >= 0.6 is 0 Å². The molecular formula is C46H28N4O. The van der Waals surface area contributed by atoms with Gasteiger partial charge in [-0.2, -0.15) is 0 Å². The van der Waals surface area contributed by atoms with Gasteiger partial charge in [0, 0.05) is 38.7 Å². The Kier molecular flexibility index (Phi) is 5.28. The molecule has 0 saturated carbocycles. The molecule has 5 nitrogen and oxygen atoms in total. The third-order valence-electron chi connectivity index (χ3n) is 11.0. The van der Waals surface area contributed by atoms with E-state index < -0.39 is 0 Å². The van der Waals surface area contributed by atoms with Crippen LogP contribution in [0, 0.1) is 0 Å². The van der Waals surface area contributed by atoms with Crippen LogP contribution in [-0.4, -0.2) is 19.1 Å². The molecule has 0 radical (unpaired) electrons. The summed E-state index contributed by atoms with van der Waals surface area (Å²) in [6.07, 6.45) is 1.86. The highest BCUT2D eigenvalue weighted by Gasteiger charge is 2.30. The van der Waals surface area contributed by atoms with Crippen molar-refractivity contribution >= 4 is 54.4 Å². The molecule has 0 unspecified atom stereocenters. The Morgan fingerprint density at radius 3 is 2.24 bits per heavy atom. The van der Waals surface area contributed by atoms with E-state index in [0.717, 1.165) is 63.2 Å². The number of para-hydroxylation sites is 2. The minimum Gasteiger partial charge on any atom is -0.456 e. The predicted molar refractivity (Wildman–Crippen MR) is 207 cm³/mol. The van der Waals surface area contributed by atoms with Gasteiger partial charge < -0.3 is 9.30 Å². The van der Waals surface area contributed by atoms with Gasteiger partial charge in [-0.3, -0.25) is 4.57 Å². The van der Waals surface area contributed by atoms with Gasteiger partial charge in [0.1, 0.15) is 11.5 Å². The Morgan fingerprint density at radius 2 is 1.29 bits per heavy atom. The van der Waals surface area contributed by atoms with Crippen molar-refractivity contribution in [3.8, 4) is 45.5 Å². The molecule has 2 aliphatic rings. The SMILES string of the molecule is c1ccc(-n2c3cc4c(cc3c3c5ccccc5ccc32)c2c(n4-c3nc4c5c(cccc5n3)Oc3ccccc3-4)CCc3ccccc3-2)cc1. The third-order valence-corrected chi connectivity index (χ3v) is 11.0. The normalized spacial score (nSPS) is 13.1. The second kappa shape index (κ2) is 9.93. The highest BCUT2D eigenvalue weighted by Crippen LogP contribution is 2.48. The average Bonchev–Trinajstić information content (AvgIpc) is 3.69. The first kappa shape index (κ1) is 27.1. The molecule has 51 heavy (non-hydrogen) atoms. The molecule has 0 spiro atoms. The number of fused-ring (bicyclic) bond motifs is 12. The van der Waals surface area contributed by atoms with Gasteiger partial charge in [0.15, 0.2) is 0 Å². The van der Waals surface area contributed by atoms with E-state index in [-0.39, 0.29) is 0 Å². The largest absolute Gasteiger partial charge is 0.456 e. The van der Waals surface area contributed by atoms with E-state index in [1.807, 2.05) is 24.3 Å². The van der Waals surface area contributed by atoms with Crippen molar-refractivity contribution in [2.75, 3.05) is 0 Å². The van der Waals surface area contributed by atoms with Crippen LogP contribution in [0.3, 0.4) is 0 Å². The van der Waals surface area contributed by atoms with E-state index in [1.54, 1.807) is 0 Å². The second-order valence-electron chi connectivity index (χ2n) is 13.7. The Balaban J connectivity index is 1.26. The van der Waals surface area contributed by atoms with E-state index in [0.29, 0.717) is 5.95 Å². The van der Waals surface area contributed by atoms with Gasteiger partial charge in [-0.05, 0) is 89.3 Å². The number of nitrogens with zero attached hydrogens (tertiary/aromatic N) is 4. The number of hydrogen-bond donors (Lipinski definition) is 0. The summed E-state index contributed by atoms with van der Waals surface area (Å²) in [4.78, 5) is 10.8. The summed E-state index contributed by atoms with van der Waals surface area (Å²) in [7, 11) is 0. The lowest BCUT2D eigenvalue weighted by Crippen LogP contribution is -2.12. The van der Waals surface area contributed by atoms with Crippen LogP contribution in [0.25, 0.3) is 88.4 Å². The minimum atomic E-state index is 0.684. The van der Waals surface area contributed by atoms with Gasteiger partial charge in [-0.25, -0.2) is 9.97 Å². The Labute approximate surface area is 292 Å². The van der Waals surface area contributed by atoms with Crippen molar-refractivity contribution in [1.82, 2.24) is 19.1 Å². The van der Waals surface area contributed by atoms with Crippen molar-refractivity contribution in [3.63, 3.8) is 0 Å². The summed E-state index contributed by atoms with van der Waals surface area (Å²) < 4.78 is 11.1. The summed E-state index contributed by atoms with van der Waals surface area (Å²) in [5, 5.41) is 7.19. The van der Waals surface area contributed by atoms with Crippen molar-refractivity contribution < 1.29 is 4.74 Å².